The average molecular weight is 424 g/mol. The number of hydrogen-bond acceptors (Lipinski definition) is 3. The Morgan fingerprint density at radius 1 is 1.00 bits per heavy atom. The molecule has 152 valence electrons. The third-order valence-corrected chi connectivity index (χ3v) is 6.21. The number of carbonyl (C=O) groups excluding carboxylic acids is 1. The summed E-state index contributed by atoms with van der Waals surface area (Å²) in [4.78, 5) is 16.9. The van der Waals surface area contributed by atoms with Crippen LogP contribution in [-0.4, -0.2) is 15.5 Å². The Balaban J connectivity index is 1.37. The van der Waals surface area contributed by atoms with Crippen molar-refractivity contribution in [2.75, 3.05) is 5.32 Å². The lowest BCUT2D eigenvalue weighted by molar-refractivity contribution is -0.111. The van der Waals surface area contributed by atoms with Gasteiger partial charge in [0.25, 0.3) is 0 Å². The van der Waals surface area contributed by atoms with Gasteiger partial charge in [-0.2, -0.15) is 0 Å². The van der Waals surface area contributed by atoms with E-state index in [9.17, 15) is 4.79 Å². The van der Waals surface area contributed by atoms with Crippen molar-refractivity contribution in [2.45, 2.75) is 6.92 Å². The molecule has 0 aliphatic carbocycles. The number of amides is 1. The highest BCUT2D eigenvalue weighted by Gasteiger charge is 2.11. The maximum Gasteiger partial charge on any atom is 0.250 e. The Kier molecular flexibility index (Phi) is 4.88. The first-order valence-electron chi connectivity index (χ1n) is 10.1. The highest BCUT2D eigenvalue weighted by molar-refractivity contribution is 7.14. The zero-order valence-electron chi connectivity index (χ0n) is 17.3. The van der Waals surface area contributed by atoms with E-state index in [4.69, 9.17) is 0 Å². The van der Waals surface area contributed by atoms with Crippen LogP contribution in [0, 0.1) is 6.92 Å². The Hall–Kier alpha value is -3.70. The van der Waals surface area contributed by atoms with Gasteiger partial charge in [-0.15, -0.1) is 11.3 Å². The lowest BCUT2D eigenvalue weighted by Gasteiger charge is -2.00. The molecule has 31 heavy (non-hydrogen) atoms. The number of para-hydroxylation sites is 1. The first-order valence-corrected chi connectivity index (χ1v) is 11.0. The van der Waals surface area contributed by atoms with Gasteiger partial charge < -0.3 is 4.57 Å². The normalized spacial score (nSPS) is 11.5. The van der Waals surface area contributed by atoms with Crippen molar-refractivity contribution in [2.24, 2.45) is 7.05 Å². The van der Waals surface area contributed by atoms with Crippen LogP contribution in [0.3, 0.4) is 0 Å². The smallest absolute Gasteiger partial charge is 0.250 e. The van der Waals surface area contributed by atoms with Gasteiger partial charge in [0.1, 0.15) is 0 Å². The summed E-state index contributed by atoms with van der Waals surface area (Å²) in [6.45, 7) is 2.04. The maximum atomic E-state index is 12.3. The molecule has 0 bridgehead atoms. The van der Waals surface area contributed by atoms with Gasteiger partial charge in [0.15, 0.2) is 5.13 Å². The summed E-state index contributed by atoms with van der Waals surface area (Å²) in [6.07, 6.45) is 3.34. The second kappa shape index (κ2) is 7.85. The number of benzene rings is 3. The number of carbonyl (C=O) groups is 1. The number of aromatic nitrogens is 2. The van der Waals surface area contributed by atoms with E-state index >= 15 is 0 Å². The summed E-state index contributed by atoms with van der Waals surface area (Å²) in [5.41, 5.74) is 6.48. The van der Waals surface area contributed by atoms with Gasteiger partial charge in [0.05, 0.1) is 5.69 Å². The van der Waals surface area contributed by atoms with Gasteiger partial charge in [0, 0.05) is 45.9 Å². The minimum atomic E-state index is -0.189. The molecule has 4 nitrogen and oxygen atoms in total. The van der Waals surface area contributed by atoms with E-state index in [-0.39, 0.29) is 5.91 Å². The fourth-order valence-corrected chi connectivity index (χ4v) is 4.51. The number of rotatable bonds is 4. The molecule has 2 aromatic heterocycles. The molecule has 0 saturated carbocycles. The van der Waals surface area contributed by atoms with Gasteiger partial charge in [0.2, 0.25) is 5.91 Å². The maximum absolute atomic E-state index is 12.3. The van der Waals surface area contributed by atoms with Crippen LogP contribution in [0.15, 0.2) is 78.2 Å². The molecule has 0 atom stereocenters. The molecule has 3 aromatic carbocycles. The van der Waals surface area contributed by atoms with E-state index in [1.54, 1.807) is 6.08 Å². The predicted octanol–water partition coefficient (Wildman–Crippen LogP) is 6.42. The molecule has 0 radical (unpaired) electrons. The van der Waals surface area contributed by atoms with E-state index < -0.39 is 0 Å². The minimum Gasteiger partial charge on any atom is -0.344 e. The van der Waals surface area contributed by atoms with Crippen molar-refractivity contribution >= 4 is 50.3 Å². The van der Waals surface area contributed by atoms with Crippen LogP contribution in [0.25, 0.3) is 39.1 Å². The minimum absolute atomic E-state index is 0.189. The third kappa shape index (κ3) is 3.76. The summed E-state index contributed by atoms with van der Waals surface area (Å²) in [5.74, 6) is -0.189. The fourth-order valence-electron chi connectivity index (χ4n) is 3.79. The summed E-state index contributed by atoms with van der Waals surface area (Å²) < 4.78 is 2.21. The highest BCUT2D eigenvalue weighted by atomic mass is 32.1. The van der Waals surface area contributed by atoms with Crippen LogP contribution in [0.1, 0.15) is 11.1 Å². The number of nitrogens with one attached hydrogen (secondary N) is 1. The number of nitrogens with zero attached hydrogens (tertiary/aromatic N) is 2. The van der Waals surface area contributed by atoms with Gasteiger partial charge in [-0.3, -0.25) is 10.1 Å². The lowest BCUT2D eigenvalue weighted by Crippen LogP contribution is -2.07. The van der Waals surface area contributed by atoms with E-state index in [2.05, 4.69) is 64.4 Å². The van der Waals surface area contributed by atoms with Gasteiger partial charge in [-0.25, -0.2) is 4.98 Å². The van der Waals surface area contributed by atoms with Gasteiger partial charge in [-0.1, -0.05) is 54.1 Å². The standard InChI is InChI=1S/C26H21N3OS/c1-17-7-9-18(10-8-17)11-14-25(30)28-26-27-22(16-31-26)19-12-13-24-21(15-19)20-5-3-4-6-23(20)29(24)2/h3-16H,1-2H3,(H,27,28,30)/b14-11+. The third-order valence-electron chi connectivity index (χ3n) is 5.45. The molecule has 1 amide bonds. The molecule has 2 heterocycles. The quantitative estimate of drug-likeness (QED) is 0.339. The number of aryl methyl sites for hydroxylation is 2. The van der Waals surface area contributed by atoms with E-state index in [0.29, 0.717) is 5.13 Å². The second-order valence-corrected chi connectivity index (χ2v) is 8.44. The van der Waals surface area contributed by atoms with E-state index in [0.717, 1.165) is 16.8 Å². The second-order valence-electron chi connectivity index (χ2n) is 7.58. The van der Waals surface area contributed by atoms with Crippen LogP contribution < -0.4 is 5.32 Å². The Morgan fingerprint density at radius 2 is 1.77 bits per heavy atom. The number of thiazole rings is 1. The zero-order chi connectivity index (χ0) is 21.4. The van der Waals surface area contributed by atoms with Crippen molar-refractivity contribution in [1.82, 2.24) is 9.55 Å². The van der Waals surface area contributed by atoms with Crippen molar-refractivity contribution in [3.8, 4) is 11.3 Å². The summed E-state index contributed by atoms with van der Waals surface area (Å²) in [7, 11) is 2.09. The fraction of sp³-hybridized carbons (Fsp3) is 0.0769. The molecule has 0 saturated heterocycles. The molecule has 1 N–H and O–H groups in total. The molecule has 0 aliphatic heterocycles. The molecule has 5 aromatic rings. The van der Waals surface area contributed by atoms with Crippen LogP contribution in [0.2, 0.25) is 0 Å². The first-order chi connectivity index (χ1) is 15.1. The van der Waals surface area contributed by atoms with E-state index in [1.165, 1.54) is 44.8 Å². The monoisotopic (exact) mass is 423 g/mol. The molecule has 0 aliphatic rings. The first kappa shape index (κ1) is 19.3. The molecule has 0 spiro atoms. The zero-order valence-corrected chi connectivity index (χ0v) is 18.1. The molecular weight excluding hydrogens is 402 g/mol. The Bertz CT molecular complexity index is 1440. The Labute approximate surface area is 184 Å². The van der Waals surface area contributed by atoms with Crippen LogP contribution in [0.4, 0.5) is 5.13 Å². The lowest BCUT2D eigenvalue weighted by atomic mass is 10.1. The Morgan fingerprint density at radius 3 is 2.61 bits per heavy atom. The summed E-state index contributed by atoms with van der Waals surface area (Å²) >= 11 is 1.43. The number of fused-ring (bicyclic) bond motifs is 3. The highest BCUT2D eigenvalue weighted by Crippen LogP contribution is 2.33. The van der Waals surface area contributed by atoms with Gasteiger partial charge in [-0.05, 0) is 36.8 Å². The van der Waals surface area contributed by atoms with Crippen LogP contribution in [0.5, 0.6) is 0 Å². The van der Waals surface area contributed by atoms with Crippen molar-refractivity contribution in [3.63, 3.8) is 0 Å². The summed E-state index contributed by atoms with van der Waals surface area (Å²) in [6, 6.07) is 22.8. The van der Waals surface area contributed by atoms with Crippen molar-refractivity contribution in [3.05, 3.63) is 89.3 Å². The molecule has 5 heteroatoms. The number of hydrogen-bond donors (Lipinski definition) is 1. The van der Waals surface area contributed by atoms with Crippen molar-refractivity contribution < 1.29 is 4.79 Å². The predicted molar refractivity (Wildman–Crippen MR) is 130 cm³/mol. The topological polar surface area (TPSA) is 46.9 Å². The SMILES string of the molecule is Cc1ccc(/C=C/C(=O)Nc2nc(-c3ccc4c(c3)c3ccccc3n4C)cs2)cc1. The van der Waals surface area contributed by atoms with Crippen molar-refractivity contribution in [1.29, 1.82) is 0 Å². The number of anilines is 1. The molecular formula is C26H21N3OS. The molecule has 0 unspecified atom stereocenters. The average Bonchev–Trinajstić information content (AvgIpc) is 3.36. The van der Waals surface area contributed by atoms with Gasteiger partial charge >= 0.3 is 0 Å². The van der Waals surface area contributed by atoms with E-state index in [1.807, 2.05) is 36.6 Å². The van der Waals surface area contributed by atoms with Crippen LogP contribution in [-0.2, 0) is 11.8 Å². The molecule has 0 fully saturated rings. The molecule has 5 rings (SSSR count). The largest absolute Gasteiger partial charge is 0.344 e. The van der Waals surface area contributed by atoms with Crippen LogP contribution >= 0.6 is 11.3 Å². The summed E-state index contributed by atoms with van der Waals surface area (Å²) in [5, 5.41) is 7.86.